The molecule has 0 bridgehead atoms. The summed E-state index contributed by atoms with van der Waals surface area (Å²) in [6.07, 6.45) is -3.23. The van der Waals surface area contributed by atoms with Crippen molar-refractivity contribution < 1.29 is 27.1 Å². The first-order valence-corrected chi connectivity index (χ1v) is 5.76. The summed E-state index contributed by atoms with van der Waals surface area (Å²) < 4.78 is 46.2. The Kier molecular flexibility index (Phi) is 3.87. The molecule has 0 aliphatic carbocycles. The molecule has 1 N–H and O–H groups in total. The number of nitrogens with one attached hydrogen (secondary N) is 1. The molecule has 0 atom stereocenters. The predicted molar refractivity (Wildman–Crippen MR) is 65.5 cm³/mol. The van der Waals surface area contributed by atoms with Gasteiger partial charge in [-0.3, -0.25) is 4.79 Å². The van der Waals surface area contributed by atoms with Crippen LogP contribution in [0.15, 0.2) is 28.9 Å². The van der Waals surface area contributed by atoms with E-state index in [9.17, 15) is 18.0 Å². The van der Waals surface area contributed by atoms with Crippen LogP contribution in [0.4, 0.5) is 13.2 Å². The van der Waals surface area contributed by atoms with Crippen molar-refractivity contribution in [1.29, 1.82) is 0 Å². The molecular weight excluding hydrogens is 275 g/mol. The summed E-state index contributed by atoms with van der Waals surface area (Å²) in [6.45, 7) is -1.34. The highest BCUT2D eigenvalue weighted by Crippen LogP contribution is 2.25. The quantitative estimate of drug-likeness (QED) is 0.940. The maximum absolute atomic E-state index is 12.0. The first-order chi connectivity index (χ1) is 9.39. The van der Waals surface area contributed by atoms with Crippen molar-refractivity contribution in [3.8, 4) is 5.75 Å². The van der Waals surface area contributed by atoms with Gasteiger partial charge in [0.05, 0.1) is 19.8 Å². The van der Waals surface area contributed by atoms with Crippen molar-refractivity contribution in [2.24, 2.45) is 0 Å². The third-order valence-electron chi connectivity index (χ3n) is 2.70. The van der Waals surface area contributed by atoms with Crippen molar-refractivity contribution in [1.82, 2.24) is 5.32 Å². The van der Waals surface area contributed by atoms with Gasteiger partial charge in [0.2, 0.25) is 5.91 Å². The van der Waals surface area contributed by atoms with Crippen molar-refractivity contribution in [2.45, 2.75) is 12.6 Å². The average molecular weight is 287 g/mol. The largest absolute Gasteiger partial charge is 0.497 e. The summed E-state index contributed by atoms with van der Waals surface area (Å²) in [5, 5.41) is 2.49. The lowest BCUT2D eigenvalue weighted by Crippen LogP contribution is -2.34. The second-order valence-electron chi connectivity index (χ2n) is 4.19. The molecule has 0 saturated heterocycles. The lowest BCUT2D eigenvalue weighted by Gasteiger charge is -2.07. The summed E-state index contributed by atoms with van der Waals surface area (Å²) in [7, 11) is 1.51. The summed E-state index contributed by atoms with van der Waals surface area (Å²) in [6, 6.07) is 5.03. The number of hydrogen-bond acceptors (Lipinski definition) is 3. The summed E-state index contributed by atoms with van der Waals surface area (Å²) >= 11 is 0. The molecule has 1 aromatic heterocycles. The van der Waals surface area contributed by atoms with E-state index in [2.05, 4.69) is 0 Å². The third kappa shape index (κ3) is 3.43. The van der Waals surface area contributed by atoms with Crippen molar-refractivity contribution in [3.63, 3.8) is 0 Å². The second kappa shape index (κ2) is 5.44. The molecule has 7 heteroatoms. The number of hydrogen-bond donors (Lipinski definition) is 1. The van der Waals surface area contributed by atoms with Gasteiger partial charge in [-0.1, -0.05) is 0 Å². The zero-order valence-electron chi connectivity index (χ0n) is 10.6. The van der Waals surface area contributed by atoms with Crippen LogP contribution >= 0.6 is 0 Å². The lowest BCUT2D eigenvalue weighted by molar-refractivity contribution is -0.138. The Morgan fingerprint density at radius 1 is 1.40 bits per heavy atom. The van der Waals surface area contributed by atoms with Crippen LogP contribution in [-0.2, 0) is 11.2 Å². The normalized spacial score (nSPS) is 11.6. The predicted octanol–water partition coefficient (Wildman–Crippen LogP) is 2.66. The second-order valence-corrected chi connectivity index (χ2v) is 4.19. The Morgan fingerprint density at radius 3 is 2.80 bits per heavy atom. The topological polar surface area (TPSA) is 51.5 Å². The number of fused-ring (bicyclic) bond motifs is 1. The van der Waals surface area contributed by atoms with Gasteiger partial charge >= 0.3 is 6.18 Å². The molecule has 0 aliphatic heterocycles. The van der Waals surface area contributed by atoms with Gasteiger partial charge in [-0.2, -0.15) is 13.2 Å². The zero-order valence-corrected chi connectivity index (χ0v) is 10.6. The first-order valence-electron chi connectivity index (χ1n) is 5.76. The van der Waals surface area contributed by atoms with Gasteiger partial charge in [0.1, 0.15) is 17.9 Å². The molecule has 0 saturated carbocycles. The first kappa shape index (κ1) is 14.2. The van der Waals surface area contributed by atoms with Gasteiger partial charge < -0.3 is 14.5 Å². The minimum Gasteiger partial charge on any atom is -0.497 e. The minimum atomic E-state index is -4.42. The number of ether oxygens (including phenoxy) is 1. The number of carbonyl (C=O) groups is 1. The van der Waals surface area contributed by atoms with E-state index in [1.54, 1.807) is 18.2 Å². The molecular formula is C13H12F3NO3. The average Bonchev–Trinajstić information content (AvgIpc) is 2.78. The van der Waals surface area contributed by atoms with Crippen LogP contribution < -0.4 is 10.1 Å². The van der Waals surface area contributed by atoms with Crippen LogP contribution in [0.2, 0.25) is 0 Å². The molecule has 0 radical (unpaired) electrons. The number of rotatable bonds is 4. The SMILES string of the molecule is COc1ccc2c(CC(=O)NCC(F)(F)F)coc2c1. The highest BCUT2D eigenvalue weighted by Gasteiger charge is 2.27. The van der Waals surface area contributed by atoms with E-state index < -0.39 is 18.6 Å². The number of benzene rings is 1. The number of amides is 1. The van der Waals surface area contributed by atoms with E-state index in [0.29, 0.717) is 22.3 Å². The molecule has 2 aromatic rings. The number of alkyl halides is 3. The molecule has 20 heavy (non-hydrogen) atoms. The zero-order chi connectivity index (χ0) is 14.8. The van der Waals surface area contributed by atoms with E-state index in [1.807, 2.05) is 5.32 Å². The summed E-state index contributed by atoms with van der Waals surface area (Å²) in [5.41, 5.74) is 1.05. The Hall–Kier alpha value is -2.18. The Morgan fingerprint density at radius 2 is 2.15 bits per heavy atom. The number of methoxy groups -OCH3 is 1. The Balaban J connectivity index is 2.08. The van der Waals surface area contributed by atoms with Crippen molar-refractivity contribution in [2.75, 3.05) is 13.7 Å². The Labute approximate surface area is 112 Å². The molecule has 0 spiro atoms. The molecule has 4 nitrogen and oxygen atoms in total. The molecule has 0 fully saturated rings. The standard InChI is InChI=1S/C13H12F3NO3/c1-19-9-2-3-10-8(6-20-11(10)5-9)4-12(18)17-7-13(14,15)16/h2-3,5-6H,4,7H2,1H3,(H,17,18). The summed E-state index contributed by atoms with van der Waals surface area (Å²) in [4.78, 5) is 11.4. The minimum absolute atomic E-state index is 0.171. The Bertz CT molecular complexity index is 619. The van der Waals surface area contributed by atoms with Crippen LogP contribution in [0.5, 0.6) is 5.75 Å². The van der Waals surface area contributed by atoms with Gasteiger partial charge in [-0.15, -0.1) is 0 Å². The van der Waals surface area contributed by atoms with Crippen LogP contribution in [0.1, 0.15) is 5.56 Å². The van der Waals surface area contributed by atoms with Crippen LogP contribution in [0.25, 0.3) is 11.0 Å². The third-order valence-corrected chi connectivity index (χ3v) is 2.70. The van der Waals surface area contributed by atoms with Crippen LogP contribution in [0.3, 0.4) is 0 Å². The van der Waals surface area contributed by atoms with Crippen molar-refractivity contribution >= 4 is 16.9 Å². The molecule has 1 heterocycles. The fourth-order valence-corrected chi connectivity index (χ4v) is 1.76. The summed E-state index contributed by atoms with van der Waals surface area (Å²) in [5.74, 6) is -0.110. The molecule has 2 rings (SSSR count). The van der Waals surface area contributed by atoms with Crippen LogP contribution in [0, 0.1) is 0 Å². The van der Waals surface area contributed by atoms with E-state index in [1.165, 1.54) is 13.4 Å². The van der Waals surface area contributed by atoms with E-state index in [0.717, 1.165) is 0 Å². The number of carbonyl (C=O) groups excluding carboxylic acids is 1. The molecule has 108 valence electrons. The van der Waals surface area contributed by atoms with Gasteiger partial charge in [0.25, 0.3) is 0 Å². The molecule has 0 unspecified atom stereocenters. The number of halogens is 3. The van der Waals surface area contributed by atoms with E-state index >= 15 is 0 Å². The maximum atomic E-state index is 12.0. The fourth-order valence-electron chi connectivity index (χ4n) is 1.76. The van der Waals surface area contributed by atoms with E-state index in [4.69, 9.17) is 9.15 Å². The van der Waals surface area contributed by atoms with Gasteiger partial charge in [-0.25, -0.2) is 0 Å². The molecule has 0 aliphatic rings. The fraction of sp³-hybridized carbons (Fsp3) is 0.308. The monoisotopic (exact) mass is 287 g/mol. The van der Waals surface area contributed by atoms with Crippen molar-refractivity contribution in [3.05, 3.63) is 30.0 Å². The lowest BCUT2D eigenvalue weighted by atomic mass is 10.1. The van der Waals surface area contributed by atoms with E-state index in [-0.39, 0.29) is 6.42 Å². The van der Waals surface area contributed by atoms with Crippen LogP contribution in [-0.4, -0.2) is 25.7 Å². The molecule has 1 amide bonds. The van der Waals surface area contributed by atoms with Gasteiger partial charge in [0, 0.05) is 17.0 Å². The highest BCUT2D eigenvalue weighted by atomic mass is 19.4. The highest BCUT2D eigenvalue weighted by molar-refractivity contribution is 5.88. The smallest absolute Gasteiger partial charge is 0.405 e. The molecule has 1 aromatic carbocycles. The van der Waals surface area contributed by atoms with Gasteiger partial charge in [0.15, 0.2) is 0 Å². The van der Waals surface area contributed by atoms with Gasteiger partial charge in [-0.05, 0) is 12.1 Å². The number of furan rings is 1. The maximum Gasteiger partial charge on any atom is 0.405 e.